The Labute approximate surface area is 292 Å². The third-order valence-corrected chi connectivity index (χ3v) is 10.9. The number of benzene rings is 1. The number of nitrogens with zero attached hydrogens (tertiary/aromatic N) is 4. The predicted octanol–water partition coefficient (Wildman–Crippen LogP) is 6.08. The Balaban J connectivity index is 1.18. The van der Waals surface area contributed by atoms with Gasteiger partial charge >= 0.3 is 18.0 Å². The summed E-state index contributed by atoms with van der Waals surface area (Å²) in [6, 6.07) is 7.82. The third kappa shape index (κ3) is 6.07. The number of carbonyl (C=O) groups excluding carboxylic acids is 3. The fourth-order valence-corrected chi connectivity index (χ4v) is 8.29. The molecule has 2 saturated heterocycles. The molecular weight excluding hydrogens is 636 g/mol. The lowest BCUT2D eigenvalue weighted by Gasteiger charge is -2.39. The van der Waals surface area contributed by atoms with Gasteiger partial charge in [-0.15, -0.1) is 0 Å². The molecule has 0 saturated carbocycles. The smallest absolute Gasteiger partial charge is 0.415 e. The molecule has 0 N–H and O–H groups in total. The molecule has 2 fully saturated rings. The molecule has 0 spiro atoms. The number of pyridine rings is 2. The number of carbonyl (C=O) groups is 3. The number of fused-ring (bicyclic) bond motifs is 5. The van der Waals surface area contributed by atoms with Crippen LogP contribution >= 0.6 is 0 Å². The molecule has 0 radical (unpaired) electrons. The molecule has 266 valence electrons. The third-order valence-electron chi connectivity index (χ3n) is 10.9. The van der Waals surface area contributed by atoms with Gasteiger partial charge in [-0.25, -0.2) is 14.6 Å². The van der Waals surface area contributed by atoms with Gasteiger partial charge in [-0.2, -0.15) is 0 Å². The number of cyclic esters (lactones) is 1. The van der Waals surface area contributed by atoms with E-state index < -0.39 is 17.5 Å². The average Bonchev–Trinajstić information content (AvgIpc) is 3.46. The molecule has 0 aliphatic carbocycles. The first kappa shape index (κ1) is 34.2. The van der Waals surface area contributed by atoms with Gasteiger partial charge in [0.1, 0.15) is 12.4 Å². The highest BCUT2D eigenvalue weighted by molar-refractivity contribution is 5.91. The maximum atomic E-state index is 14.1. The van der Waals surface area contributed by atoms with Gasteiger partial charge in [0.2, 0.25) is 5.60 Å². The molecular formula is C39H48N4O7. The van der Waals surface area contributed by atoms with Crippen LogP contribution in [0.2, 0.25) is 0 Å². The van der Waals surface area contributed by atoms with Gasteiger partial charge < -0.3 is 28.6 Å². The zero-order valence-electron chi connectivity index (χ0n) is 29.9. The van der Waals surface area contributed by atoms with E-state index in [2.05, 4.69) is 11.8 Å². The van der Waals surface area contributed by atoms with E-state index in [1.807, 2.05) is 37.8 Å². The van der Waals surface area contributed by atoms with Gasteiger partial charge in [-0.05, 0) is 86.9 Å². The van der Waals surface area contributed by atoms with Crippen LogP contribution in [-0.4, -0.2) is 69.6 Å². The first-order valence-electron chi connectivity index (χ1n) is 18.3. The number of esters is 2. The van der Waals surface area contributed by atoms with Crippen LogP contribution in [0.15, 0.2) is 29.1 Å². The van der Waals surface area contributed by atoms with Crippen molar-refractivity contribution in [3.8, 4) is 17.1 Å². The highest BCUT2D eigenvalue weighted by atomic mass is 16.6. The number of amides is 1. The van der Waals surface area contributed by atoms with Crippen LogP contribution in [-0.2, 0) is 44.2 Å². The topological polar surface area (TPSA) is 120 Å². The molecule has 11 nitrogen and oxygen atoms in total. The van der Waals surface area contributed by atoms with Gasteiger partial charge in [-0.1, -0.05) is 41.0 Å². The van der Waals surface area contributed by atoms with Gasteiger partial charge in [0.15, 0.2) is 0 Å². The van der Waals surface area contributed by atoms with Crippen LogP contribution in [0, 0.1) is 5.41 Å². The van der Waals surface area contributed by atoms with E-state index in [1.165, 1.54) is 19.3 Å². The van der Waals surface area contributed by atoms with E-state index in [-0.39, 0.29) is 36.5 Å². The Morgan fingerprint density at radius 1 is 1.00 bits per heavy atom. The first-order valence-corrected chi connectivity index (χ1v) is 18.3. The summed E-state index contributed by atoms with van der Waals surface area (Å²) in [5.41, 5.74) is 2.15. The Hall–Kier alpha value is -4.25. The number of hydrogen-bond donors (Lipinski definition) is 0. The van der Waals surface area contributed by atoms with E-state index in [0.29, 0.717) is 65.9 Å². The highest BCUT2D eigenvalue weighted by Crippen LogP contribution is 2.43. The zero-order chi connectivity index (χ0) is 35.4. The summed E-state index contributed by atoms with van der Waals surface area (Å²) < 4.78 is 19.0. The maximum absolute atomic E-state index is 14.1. The summed E-state index contributed by atoms with van der Waals surface area (Å²) in [6.07, 6.45) is 6.31. The van der Waals surface area contributed by atoms with Crippen LogP contribution in [0.3, 0.4) is 0 Å². The summed E-state index contributed by atoms with van der Waals surface area (Å²) >= 11 is 0. The van der Waals surface area contributed by atoms with Crippen molar-refractivity contribution >= 4 is 28.9 Å². The van der Waals surface area contributed by atoms with Crippen molar-refractivity contribution in [1.82, 2.24) is 19.4 Å². The number of aromatic nitrogens is 2. The van der Waals surface area contributed by atoms with Crippen molar-refractivity contribution < 1.29 is 28.6 Å². The van der Waals surface area contributed by atoms with E-state index in [0.717, 1.165) is 42.4 Å². The van der Waals surface area contributed by atoms with Crippen molar-refractivity contribution in [2.75, 3.05) is 26.2 Å². The minimum Gasteiger partial charge on any atom is -0.457 e. The molecule has 1 aromatic carbocycles. The molecule has 0 bridgehead atoms. The number of rotatable bonds is 6. The Morgan fingerprint density at radius 2 is 1.74 bits per heavy atom. The second-order valence-corrected chi connectivity index (χ2v) is 15.4. The lowest BCUT2D eigenvalue weighted by atomic mass is 9.85. The number of piperidine rings is 2. The van der Waals surface area contributed by atoms with Crippen molar-refractivity contribution in [3.05, 3.63) is 56.9 Å². The second-order valence-electron chi connectivity index (χ2n) is 15.4. The van der Waals surface area contributed by atoms with Gasteiger partial charge in [0, 0.05) is 35.6 Å². The largest absolute Gasteiger partial charge is 0.457 e. The minimum absolute atomic E-state index is 0.103. The molecule has 3 aromatic rings. The Bertz CT molecular complexity index is 1910. The number of ether oxygens (including phenoxy) is 3. The zero-order valence-corrected chi connectivity index (χ0v) is 29.9. The van der Waals surface area contributed by atoms with E-state index in [4.69, 9.17) is 19.2 Å². The van der Waals surface area contributed by atoms with E-state index in [9.17, 15) is 19.2 Å². The SMILES string of the molecule is CCc1c2c(nc3ccc(OC(=O)N4CCC(N5CCCCC5)CC4)cc13)-c1cc3c(c(=O)n1C2)COC(=O)[C@@]3(CC)OC(=O)CC(C)(C)C. The Kier molecular flexibility index (Phi) is 8.99. The van der Waals surface area contributed by atoms with E-state index >= 15 is 0 Å². The molecule has 4 aliphatic rings. The van der Waals surface area contributed by atoms with Crippen molar-refractivity contribution in [1.29, 1.82) is 0 Å². The van der Waals surface area contributed by atoms with Crippen LogP contribution in [0.4, 0.5) is 4.79 Å². The van der Waals surface area contributed by atoms with Gasteiger partial charge in [-0.3, -0.25) is 9.59 Å². The molecule has 50 heavy (non-hydrogen) atoms. The number of hydrogen-bond acceptors (Lipinski definition) is 9. The number of likely N-dealkylation sites (tertiary alicyclic amines) is 2. The maximum Gasteiger partial charge on any atom is 0.415 e. The molecule has 6 heterocycles. The second kappa shape index (κ2) is 13.1. The Morgan fingerprint density at radius 3 is 2.42 bits per heavy atom. The summed E-state index contributed by atoms with van der Waals surface area (Å²) in [7, 11) is 0. The van der Waals surface area contributed by atoms with Crippen molar-refractivity contribution in [2.45, 2.75) is 111 Å². The molecule has 4 aliphatic heterocycles. The molecule has 2 aromatic heterocycles. The van der Waals surface area contributed by atoms with Crippen LogP contribution in [0.5, 0.6) is 5.75 Å². The lowest BCUT2D eigenvalue weighted by molar-refractivity contribution is -0.190. The normalized spacial score (nSPS) is 21.0. The highest BCUT2D eigenvalue weighted by Gasteiger charge is 2.50. The molecule has 11 heteroatoms. The minimum atomic E-state index is -1.72. The average molecular weight is 685 g/mol. The van der Waals surface area contributed by atoms with Crippen molar-refractivity contribution in [2.24, 2.45) is 5.41 Å². The monoisotopic (exact) mass is 684 g/mol. The summed E-state index contributed by atoms with van der Waals surface area (Å²) in [5.74, 6) is -0.742. The summed E-state index contributed by atoms with van der Waals surface area (Å²) in [4.78, 5) is 63.2. The molecule has 1 amide bonds. The molecule has 7 rings (SSSR count). The number of aryl methyl sites for hydroxylation is 1. The summed E-state index contributed by atoms with van der Waals surface area (Å²) in [6.45, 7) is 13.4. The van der Waals surface area contributed by atoms with Crippen molar-refractivity contribution in [3.63, 3.8) is 0 Å². The fourth-order valence-electron chi connectivity index (χ4n) is 8.29. The first-order chi connectivity index (χ1) is 23.9. The predicted molar refractivity (Wildman–Crippen MR) is 188 cm³/mol. The van der Waals surface area contributed by atoms with Crippen LogP contribution in [0.25, 0.3) is 22.3 Å². The van der Waals surface area contributed by atoms with Crippen LogP contribution in [0.1, 0.15) is 102 Å². The van der Waals surface area contributed by atoms with Gasteiger partial charge in [0.05, 0.1) is 35.4 Å². The van der Waals surface area contributed by atoms with E-state index in [1.54, 1.807) is 23.6 Å². The fraction of sp³-hybridized carbons (Fsp3) is 0.564. The van der Waals surface area contributed by atoms with Crippen LogP contribution < -0.4 is 10.3 Å². The van der Waals surface area contributed by atoms with Gasteiger partial charge in [0.25, 0.3) is 5.56 Å². The quantitative estimate of drug-likeness (QED) is 0.223. The standard InChI is InChI=1S/C39H48N4O7/c1-6-26-27-19-25(49-37(47)42-17-13-24(14-18-42)41-15-9-8-10-16-41)11-12-31(27)40-34-28(26)22-43-32(34)20-30-29(35(43)45)23-48-36(46)39(30,7-2)50-33(44)21-38(3,4)5/h11-12,19-20,24H,6-10,13-18,21-23H2,1-5H3/t39-/m0/s1. The molecule has 1 atom stereocenters. The lowest BCUT2D eigenvalue weighted by Crippen LogP contribution is -2.48. The molecule has 0 unspecified atom stereocenters. The summed E-state index contributed by atoms with van der Waals surface area (Å²) in [5, 5.41) is 0.864.